The van der Waals surface area contributed by atoms with Crippen molar-refractivity contribution in [1.82, 2.24) is 10.2 Å². The summed E-state index contributed by atoms with van der Waals surface area (Å²) in [6.45, 7) is 7.75. The number of nitrogens with zero attached hydrogens (tertiary/aromatic N) is 1. The predicted molar refractivity (Wildman–Crippen MR) is 104 cm³/mol. The van der Waals surface area contributed by atoms with E-state index < -0.39 is 6.10 Å². The quantitative estimate of drug-likeness (QED) is 0.827. The molecule has 1 saturated heterocycles. The summed E-state index contributed by atoms with van der Waals surface area (Å²) >= 11 is 0. The molecule has 3 rings (SSSR count). The summed E-state index contributed by atoms with van der Waals surface area (Å²) < 4.78 is 5.70. The third-order valence-corrected chi connectivity index (χ3v) is 4.80. The van der Waals surface area contributed by atoms with Crippen molar-refractivity contribution >= 4 is 5.91 Å². The van der Waals surface area contributed by atoms with Crippen molar-refractivity contribution in [3.63, 3.8) is 0 Å². The van der Waals surface area contributed by atoms with Gasteiger partial charge in [-0.2, -0.15) is 0 Å². The molecule has 0 radical (unpaired) electrons. The van der Waals surface area contributed by atoms with Gasteiger partial charge in [0.05, 0.1) is 0 Å². The number of nitrogens with one attached hydrogen (secondary N) is 1. The molecule has 4 nitrogen and oxygen atoms in total. The highest BCUT2D eigenvalue weighted by atomic mass is 16.5. The molecule has 2 aromatic rings. The third-order valence-electron chi connectivity index (χ3n) is 4.80. The van der Waals surface area contributed by atoms with Gasteiger partial charge in [-0.25, -0.2) is 0 Å². The lowest BCUT2D eigenvalue weighted by molar-refractivity contribution is -0.127. The summed E-state index contributed by atoms with van der Waals surface area (Å²) in [5.74, 6) is 0.608. The minimum Gasteiger partial charge on any atom is -0.481 e. The van der Waals surface area contributed by atoms with Crippen LogP contribution < -0.4 is 10.1 Å². The first-order chi connectivity index (χ1) is 12.6. The van der Waals surface area contributed by atoms with Gasteiger partial charge in [-0.05, 0) is 63.0 Å². The van der Waals surface area contributed by atoms with Crippen molar-refractivity contribution in [2.45, 2.75) is 45.9 Å². The lowest BCUT2D eigenvalue weighted by Gasteiger charge is -2.16. The van der Waals surface area contributed by atoms with E-state index in [1.165, 1.54) is 37.1 Å². The molecule has 1 aliphatic rings. The second-order valence-electron chi connectivity index (χ2n) is 7.09. The molecule has 1 N–H and O–H groups in total. The first-order valence-corrected chi connectivity index (χ1v) is 9.41. The van der Waals surface area contributed by atoms with Crippen LogP contribution in [-0.2, 0) is 17.9 Å². The maximum absolute atomic E-state index is 12.2. The topological polar surface area (TPSA) is 41.6 Å². The highest BCUT2D eigenvalue weighted by Crippen LogP contribution is 2.14. The van der Waals surface area contributed by atoms with Crippen LogP contribution in [0.2, 0.25) is 0 Å². The Labute approximate surface area is 156 Å². The Kier molecular flexibility index (Phi) is 6.29. The molecule has 1 amide bonds. The molecule has 4 heteroatoms. The molecule has 1 heterocycles. The first kappa shape index (κ1) is 18.5. The van der Waals surface area contributed by atoms with Gasteiger partial charge in [0, 0.05) is 13.1 Å². The van der Waals surface area contributed by atoms with Crippen molar-refractivity contribution in [2.24, 2.45) is 0 Å². The van der Waals surface area contributed by atoms with Crippen LogP contribution in [0.5, 0.6) is 5.75 Å². The molecule has 0 spiro atoms. The van der Waals surface area contributed by atoms with Crippen molar-refractivity contribution in [3.05, 3.63) is 65.2 Å². The van der Waals surface area contributed by atoms with Crippen LogP contribution in [0.25, 0.3) is 0 Å². The second kappa shape index (κ2) is 8.86. The molecular formula is C22H28N2O2. The van der Waals surface area contributed by atoms with E-state index in [2.05, 4.69) is 34.5 Å². The fraction of sp³-hybridized carbons (Fsp3) is 0.409. The van der Waals surface area contributed by atoms with E-state index in [0.29, 0.717) is 12.3 Å². The molecule has 26 heavy (non-hydrogen) atoms. The predicted octanol–water partition coefficient (Wildman–Crippen LogP) is 3.67. The summed E-state index contributed by atoms with van der Waals surface area (Å²) in [7, 11) is 0. The van der Waals surface area contributed by atoms with Gasteiger partial charge in [-0.3, -0.25) is 9.69 Å². The lowest BCUT2D eigenvalue weighted by atomic mass is 10.1. The van der Waals surface area contributed by atoms with Gasteiger partial charge in [-0.15, -0.1) is 0 Å². The zero-order valence-corrected chi connectivity index (χ0v) is 15.7. The van der Waals surface area contributed by atoms with Crippen molar-refractivity contribution in [2.75, 3.05) is 13.1 Å². The minimum absolute atomic E-state index is 0.105. The molecule has 1 unspecified atom stereocenters. The largest absolute Gasteiger partial charge is 0.481 e. The number of rotatable bonds is 7. The van der Waals surface area contributed by atoms with E-state index in [0.717, 1.165) is 12.1 Å². The molecule has 0 bridgehead atoms. The highest BCUT2D eigenvalue weighted by molar-refractivity contribution is 5.80. The van der Waals surface area contributed by atoms with Crippen molar-refractivity contribution in [3.8, 4) is 5.75 Å². The van der Waals surface area contributed by atoms with Crippen LogP contribution in [-0.4, -0.2) is 30.0 Å². The lowest BCUT2D eigenvalue weighted by Crippen LogP contribution is -2.35. The molecular weight excluding hydrogens is 324 g/mol. The average molecular weight is 352 g/mol. The number of likely N-dealkylation sites (tertiary alicyclic amines) is 1. The van der Waals surface area contributed by atoms with Crippen LogP contribution >= 0.6 is 0 Å². The second-order valence-corrected chi connectivity index (χ2v) is 7.09. The Hall–Kier alpha value is -2.33. The molecule has 1 fully saturated rings. The van der Waals surface area contributed by atoms with Crippen LogP contribution in [0, 0.1) is 6.92 Å². The maximum atomic E-state index is 12.2. The Morgan fingerprint density at radius 3 is 2.31 bits per heavy atom. The fourth-order valence-electron chi connectivity index (χ4n) is 3.17. The zero-order valence-electron chi connectivity index (χ0n) is 15.7. The van der Waals surface area contributed by atoms with E-state index in [9.17, 15) is 4.79 Å². The SMILES string of the molecule is Cc1ccc(OC(C)C(=O)NCc2ccc(CN3CCCC3)cc2)cc1. The molecule has 0 aliphatic carbocycles. The van der Waals surface area contributed by atoms with Gasteiger partial charge in [0.25, 0.3) is 5.91 Å². The van der Waals surface area contributed by atoms with Gasteiger partial charge in [-0.1, -0.05) is 42.0 Å². The van der Waals surface area contributed by atoms with E-state index in [-0.39, 0.29) is 5.91 Å². The van der Waals surface area contributed by atoms with E-state index in [1.54, 1.807) is 6.92 Å². The number of ether oxygens (including phenoxy) is 1. The number of carbonyl (C=O) groups excluding carboxylic acids is 1. The number of hydrogen-bond donors (Lipinski definition) is 1. The third kappa shape index (κ3) is 5.33. The van der Waals surface area contributed by atoms with Gasteiger partial charge in [0.15, 0.2) is 6.10 Å². The number of amides is 1. The summed E-state index contributed by atoms with van der Waals surface area (Å²) in [6, 6.07) is 16.2. The Morgan fingerprint density at radius 1 is 1.04 bits per heavy atom. The van der Waals surface area contributed by atoms with Crippen LogP contribution in [0.15, 0.2) is 48.5 Å². The molecule has 1 aliphatic heterocycles. The summed E-state index contributed by atoms with van der Waals surface area (Å²) in [5.41, 5.74) is 3.60. The van der Waals surface area contributed by atoms with E-state index in [1.807, 2.05) is 31.2 Å². The number of hydrogen-bond acceptors (Lipinski definition) is 3. The smallest absolute Gasteiger partial charge is 0.261 e. The van der Waals surface area contributed by atoms with Gasteiger partial charge in [0.2, 0.25) is 0 Å². The maximum Gasteiger partial charge on any atom is 0.261 e. The number of aryl methyl sites for hydroxylation is 1. The molecule has 0 aromatic heterocycles. The van der Waals surface area contributed by atoms with Crippen molar-refractivity contribution < 1.29 is 9.53 Å². The molecule has 138 valence electrons. The summed E-state index contributed by atoms with van der Waals surface area (Å²) in [5, 5.41) is 2.95. The van der Waals surface area contributed by atoms with Gasteiger partial charge < -0.3 is 10.1 Å². The molecule has 2 aromatic carbocycles. The summed E-state index contributed by atoms with van der Waals surface area (Å²) in [6.07, 6.45) is 2.10. The monoisotopic (exact) mass is 352 g/mol. The van der Waals surface area contributed by atoms with Gasteiger partial charge in [0.1, 0.15) is 5.75 Å². The van der Waals surface area contributed by atoms with Crippen molar-refractivity contribution in [1.29, 1.82) is 0 Å². The Bertz CT molecular complexity index is 704. The minimum atomic E-state index is -0.521. The molecule has 1 atom stereocenters. The zero-order chi connectivity index (χ0) is 18.4. The molecule has 0 saturated carbocycles. The summed E-state index contributed by atoms with van der Waals surface area (Å²) in [4.78, 5) is 14.7. The Balaban J connectivity index is 1.45. The fourth-order valence-corrected chi connectivity index (χ4v) is 3.17. The highest BCUT2D eigenvalue weighted by Gasteiger charge is 2.14. The van der Waals surface area contributed by atoms with Gasteiger partial charge >= 0.3 is 0 Å². The average Bonchev–Trinajstić information content (AvgIpc) is 3.16. The first-order valence-electron chi connectivity index (χ1n) is 9.41. The van der Waals surface area contributed by atoms with Crippen LogP contribution in [0.4, 0.5) is 0 Å². The van der Waals surface area contributed by atoms with E-state index >= 15 is 0 Å². The normalized spacial score (nSPS) is 15.6. The van der Waals surface area contributed by atoms with Crippen LogP contribution in [0.3, 0.4) is 0 Å². The van der Waals surface area contributed by atoms with E-state index in [4.69, 9.17) is 4.74 Å². The number of benzene rings is 2. The standard InChI is InChI=1S/C22H28N2O2/c1-17-5-11-21(12-6-17)26-18(2)22(25)23-15-19-7-9-20(10-8-19)16-24-13-3-4-14-24/h5-12,18H,3-4,13-16H2,1-2H3,(H,23,25). The number of carbonyl (C=O) groups is 1. The van der Waals surface area contributed by atoms with Crippen LogP contribution in [0.1, 0.15) is 36.5 Å². The Morgan fingerprint density at radius 2 is 1.65 bits per heavy atom.